The van der Waals surface area contributed by atoms with Crippen LogP contribution in [0.5, 0.6) is 0 Å². The van der Waals surface area contributed by atoms with Crippen LogP contribution >= 0.6 is 15.9 Å². The van der Waals surface area contributed by atoms with E-state index in [0.29, 0.717) is 11.7 Å². The fourth-order valence-corrected chi connectivity index (χ4v) is 1.34. The van der Waals surface area contributed by atoms with Crippen LogP contribution in [-0.4, -0.2) is 4.98 Å². The first-order valence-electron chi connectivity index (χ1n) is 3.52. The minimum absolute atomic E-state index is 0.497. The third kappa shape index (κ3) is 2.19. The number of pyridine rings is 1. The van der Waals surface area contributed by atoms with Crippen LogP contribution in [0.3, 0.4) is 0 Å². The molecule has 11 heavy (non-hydrogen) atoms. The number of halogens is 1. The molecule has 0 spiro atoms. The van der Waals surface area contributed by atoms with Crippen LogP contribution in [0.25, 0.3) is 0 Å². The summed E-state index contributed by atoms with van der Waals surface area (Å²) in [4.78, 5) is 4.01. The predicted octanol–water partition coefficient (Wildman–Crippen LogP) is 2.55. The van der Waals surface area contributed by atoms with E-state index in [4.69, 9.17) is 5.73 Å². The van der Waals surface area contributed by atoms with Crippen LogP contribution in [0, 0.1) is 0 Å². The lowest BCUT2D eigenvalue weighted by Crippen LogP contribution is -1.94. The van der Waals surface area contributed by atoms with Gasteiger partial charge in [0.05, 0.1) is 0 Å². The molecule has 1 rings (SSSR count). The van der Waals surface area contributed by atoms with Gasteiger partial charge in [-0.05, 0) is 39.5 Å². The summed E-state index contributed by atoms with van der Waals surface area (Å²) in [6.07, 6.45) is 0. The van der Waals surface area contributed by atoms with Crippen molar-refractivity contribution in [2.75, 3.05) is 5.73 Å². The van der Waals surface area contributed by atoms with Crippen LogP contribution in [0.2, 0.25) is 0 Å². The Morgan fingerprint density at radius 1 is 1.45 bits per heavy atom. The van der Waals surface area contributed by atoms with E-state index in [0.717, 1.165) is 4.60 Å². The molecule has 0 radical (unpaired) electrons. The number of aromatic nitrogens is 1. The predicted molar refractivity (Wildman–Crippen MR) is 50.4 cm³/mol. The second-order valence-corrected chi connectivity index (χ2v) is 3.62. The van der Waals surface area contributed by atoms with Gasteiger partial charge in [-0.3, -0.25) is 0 Å². The molecule has 0 aromatic carbocycles. The van der Waals surface area contributed by atoms with Crippen molar-refractivity contribution in [3.63, 3.8) is 0 Å². The standard InChI is InChI=1S/C8H11BrN2/c1-5(2)6-3-7(9)11-8(10)4-6/h3-5H,1-2H3,(H2,10,11). The van der Waals surface area contributed by atoms with Crippen molar-refractivity contribution in [1.82, 2.24) is 4.98 Å². The Morgan fingerprint density at radius 2 is 2.09 bits per heavy atom. The first-order valence-corrected chi connectivity index (χ1v) is 4.32. The first-order chi connectivity index (χ1) is 5.09. The average Bonchev–Trinajstić information content (AvgIpc) is 1.85. The molecular weight excluding hydrogens is 204 g/mol. The molecule has 0 amide bonds. The van der Waals surface area contributed by atoms with Crippen molar-refractivity contribution in [1.29, 1.82) is 0 Å². The Balaban J connectivity index is 3.08. The Labute approximate surface area is 75.0 Å². The highest BCUT2D eigenvalue weighted by molar-refractivity contribution is 9.10. The van der Waals surface area contributed by atoms with Gasteiger partial charge in [-0.1, -0.05) is 13.8 Å². The summed E-state index contributed by atoms with van der Waals surface area (Å²) in [5, 5.41) is 0. The van der Waals surface area contributed by atoms with Crippen molar-refractivity contribution < 1.29 is 0 Å². The lowest BCUT2D eigenvalue weighted by molar-refractivity contribution is 0.862. The summed E-state index contributed by atoms with van der Waals surface area (Å²) in [5.41, 5.74) is 6.77. The zero-order chi connectivity index (χ0) is 8.43. The monoisotopic (exact) mass is 214 g/mol. The molecule has 0 unspecified atom stereocenters. The molecule has 1 aromatic rings. The molecule has 1 aromatic heterocycles. The second-order valence-electron chi connectivity index (χ2n) is 2.80. The number of nitrogen functional groups attached to an aromatic ring is 1. The summed E-state index contributed by atoms with van der Waals surface area (Å²) < 4.78 is 0.807. The van der Waals surface area contributed by atoms with E-state index in [-0.39, 0.29) is 0 Å². The molecule has 0 atom stereocenters. The molecule has 0 aliphatic rings. The third-order valence-corrected chi connectivity index (χ3v) is 1.91. The van der Waals surface area contributed by atoms with E-state index in [1.54, 1.807) is 0 Å². The van der Waals surface area contributed by atoms with Gasteiger partial charge in [-0.25, -0.2) is 4.98 Å². The largest absolute Gasteiger partial charge is 0.384 e. The second kappa shape index (κ2) is 3.22. The fraction of sp³-hybridized carbons (Fsp3) is 0.375. The molecule has 3 heteroatoms. The van der Waals surface area contributed by atoms with Crippen molar-refractivity contribution in [3.8, 4) is 0 Å². The first kappa shape index (κ1) is 8.53. The van der Waals surface area contributed by atoms with E-state index in [2.05, 4.69) is 34.8 Å². The Kier molecular flexibility index (Phi) is 2.49. The van der Waals surface area contributed by atoms with Gasteiger partial charge in [0.1, 0.15) is 10.4 Å². The minimum atomic E-state index is 0.497. The highest BCUT2D eigenvalue weighted by Crippen LogP contribution is 2.19. The van der Waals surface area contributed by atoms with Gasteiger partial charge < -0.3 is 5.73 Å². The topological polar surface area (TPSA) is 38.9 Å². The summed E-state index contributed by atoms with van der Waals surface area (Å²) in [7, 11) is 0. The molecule has 0 saturated carbocycles. The smallest absolute Gasteiger partial charge is 0.124 e. The SMILES string of the molecule is CC(C)c1cc(N)nc(Br)c1. The maximum absolute atomic E-state index is 5.56. The van der Waals surface area contributed by atoms with E-state index >= 15 is 0 Å². The normalized spacial score (nSPS) is 10.5. The minimum Gasteiger partial charge on any atom is -0.384 e. The van der Waals surface area contributed by atoms with Gasteiger partial charge in [0.2, 0.25) is 0 Å². The maximum Gasteiger partial charge on any atom is 0.124 e. The van der Waals surface area contributed by atoms with Gasteiger partial charge in [0.25, 0.3) is 0 Å². The molecule has 2 N–H and O–H groups in total. The molecular formula is C8H11BrN2. The van der Waals surface area contributed by atoms with Crippen LogP contribution in [-0.2, 0) is 0 Å². The van der Waals surface area contributed by atoms with Crippen LogP contribution in [0.1, 0.15) is 25.3 Å². The quantitative estimate of drug-likeness (QED) is 0.731. The van der Waals surface area contributed by atoms with Crippen LogP contribution < -0.4 is 5.73 Å². The van der Waals surface area contributed by atoms with Crippen LogP contribution in [0.4, 0.5) is 5.82 Å². The highest BCUT2D eigenvalue weighted by Gasteiger charge is 2.01. The molecule has 0 bridgehead atoms. The van der Waals surface area contributed by atoms with Gasteiger partial charge in [0.15, 0.2) is 0 Å². The molecule has 0 saturated heterocycles. The average molecular weight is 215 g/mol. The Morgan fingerprint density at radius 3 is 2.55 bits per heavy atom. The number of nitrogens with two attached hydrogens (primary N) is 1. The summed E-state index contributed by atoms with van der Waals surface area (Å²) in [6, 6.07) is 3.89. The molecule has 60 valence electrons. The number of hydrogen-bond acceptors (Lipinski definition) is 2. The Hall–Kier alpha value is -0.570. The number of rotatable bonds is 1. The van der Waals surface area contributed by atoms with Gasteiger partial charge in [-0.15, -0.1) is 0 Å². The summed E-state index contributed by atoms with van der Waals surface area (Å²) >= 11 is 3.29. The van der Waals surface area contributed by atoms with E-state index in [1.807, 2.05) is 12.1 Å². The van der Waals surface area contributed by atoms with Crippen molar-refractivity contribution in [2.45, 2.75) is 19.8 Å². The zero-order valence-electron chi connectivity index (χ0n) is 6.63. The van der Waals surface area contributed by atoms with E-state index in [1.165, 1.54) is 5.56 Å². The van der Waals surface area contributed by atoms with E-state index in [9.17, 15) is 0 Å². The Bertz CT molecular complexity index is 238. The van der Waals surface area contributed by atoms with Crippen LogP contribution in [0.15, 0.2) is 16.7 Å². The van der Waals surface area contributed by atoms with Gasteiger partial charge in [-0.2, -0.15) is 0 Å². The molecule has 0 aliphatic heterocycles. The molecule has 2 nitrogen and oxygen atoms in total. The summed E-state index contributed by atoms with van der Waals surface area (Å²) in [6.45, 7) is 4.25. The number of nitrogens with zero attached hydrogens (tertiary/aromatic N) is 1. The number of hydrogen-bond donors (Lipinski definition) is 1. The number of anilines is 1. The molecule has 0 aliphatic carbocycles. The lowest BCUT2D eigenvalue weighted by atomic mass is 10.1. The zero-order valence-corrected chi connectivity index (χ0v) is 8.22. The van der Waals surface area contributed by atoms with Gasteiger partial charge >= 0.3 is 0 Å². The molecule has 0 fully saturated rings. The van der Waals surface area contributed by atoms with E-state index < -0.39 is 0 Å². The fourth-order valence-electron chi connectivity index (χ4n) is 0.871. The summed E-state index contributed by atoms with van der Waals surface area (Å²) in [5.74, 6) is 1.07. The maximum atomic E-state index is 5.56. The van der Waals surface area contributed by atoms with Crippen molar-refractivity contribution >= 4 is 21.7 Å². The third-order valence-electron chi connectivity index (χ3n) is 1.50. The highest BCUT2D eigenvalue weighted by atomic mass is 79.9. The molecule has 1 heterocycles. The van der Waals surface area contributed by atoms with Crippen molar-refractivity contribution in [3.05, 3.63) is 22.3 Å². The van der Waals surface area contributed by atoms with Gasteiger partial charge in [0, 0.05) is 0 Å². The van der Waals surface area contributed by atoms with Crippen molar-refractivity contribution in [2.24, 2.45) is 0 Å². The lowest BCUT2D eigenvalue weighted by Gasteiger charge is -2.05.